The van der Waals surface area contributed by atoms with Crippen LogP contribution in [0.2, 0.25) is 0 Å². The second-order valence-corrected chi connectivity index (χ2v) is 23.4. The molecule has 81 heavy (non-hydrogen) atoms. The Balaban J connectivity index is 4.29. The maximum Gasteiger partial charge on any atom is 0.306 e. The Kier molecular flexibility index (Phi) is 66.2. The minimum Gasteiger partial charge on any atom is -0.462 e. The number of allylic oxidation sites excluding steroid dienone is 14. The highest BCUT2D eigenvalue weighted by Gasteiger charge is 2.19. The van der Waals surface area contributed by atoms with Crippen LogP contribution >= 0.6 is 0 Å². The average molecular weight is 1130 g/mol. The van der Waals surface area contributed by atoms with E-state index in [2.05, 4.69) is 99.8 Å². The van der Waals surface area contributed by atoms with Crippen LogP contribution in [0.1, 0.15) is 355 Å². The molecule has 0 aromatic rings. The average Bonchev–Trinajstić information content (AvgIpc) is 3.46. The van der Waals surface area contributed by atoms with Gasteiger partial charge in [-0.3, -0.25) is 14.4 Å². The first-order valence-corrected chi connectivity index (χ1v) is 35.1. The Labute approximate surface area is 503 Å². The van der Waals surface area contributed by atoms with E-state index in [1.807, 2.05) is 6.08 Å². The molecule has 0 heterocycles. The van der Waals surface area contributed by atoms with Crippen molar-refractivity contribution in [2.75, 3.05) is 13.2 Å². The molecule has 6 heteroatoms. The zero-order chi connectivity index (χ0) is 58.5. The van der Waals surface area contributed by atoms with Gasteiger partial charge in [0.1, 0.15) is 13.2 Å². The molecule has 0 aliphatic heterocycles. The minimum atomic E-state index is -0.806. The first kappa shape index (κ1) is 77.6. The lowest BCUT2D eigenvalue weighted by atomic mass is 10.0. The summed E-state index contributed by atoms with van der Waals surface area (Å²) in [5, 5.41) is 0. The first-order valence-electron chi connectivity index (χ1n) is 35.1. The van der Waals surface area contributed by atoms with Gasteiger partial charge in [0.25, 0.3) is 0 Å². The third kappa shape index (κ3) is 67.3. The lowest BCUT2D eigenvalue weighted by Crippen LogP contribution is -2.30. The van der Waals surface area contributed by atoms with E-state index in [4.69, 9.17) is 14.2 Å². The topological polar surface area (TPSA) is 78.9 Å². The second kappa shape index (κ2) is 69.1. The molecule has 1 unspecified atom stereocenters. The zero-order valence-electron chi connectivity index (χ0n) is 53.8. The third-order valence-corrected chi connectivity index (χ3v) is 15.4. The minimum absolute atomic E-state index is 0.0964. The maximum absolute atomic E-state index is 12.9. The Hall–Kier alpha value is -3.41. The number of rotatable bonds is 64. The van der Waals surface area contributed by atoms with Crippen molar-refractivity contribution in [3.63, 3.8) is 0 Å². The fourth-order valence-electron chi connectivity index (χ4n) is 10.2. The Morgan fingerprint density at radius 3 is 0.827 bits per heavy atom. The van der Waals surface area contributed by atoms with Gasteiger partial charge in [0, 0.05) is 19.3 Å². The Bertz CT molecular complexity index is 1530. The number of esters is 3. The maximum atomic E-state index is 12.9. The molecule has 1 atom stereocenters. The number of hydrogen-bond donors (Lipinski definition) is 0. The molecule has 6 nitrogen and oxygen atoms in total. The number of unbranched alkanes of at least 4 members (excludes halogenated alkanes) is 39. The van der Waals surface area contributed by atoms with Crippen molar-refractivity contribution in [2.45, 2.75) is 361 Å². The molecule has 0 amide bonds. The highest BCUT2D eigenvalue weighted by molar-refractivity contribution is 5.71. The molecule has 0 aromatic carbocycles. The zero-order valence-corrected chi connectivity index (χ0v) is 53.8. The van der Waals surface area contributed by atoms with Gasteiger partial charge in [-0.25, -0.2) is 0 Å². The van der Waals surface area contributed by atoms with Crippen molar-refractivity contribution in [3.05, 3.63) is 85.1 Å². The molecule has 468 valence electrons. The third-order valence-electron chi connectivity index (χ3n) is 15.4. The van der Waals surface area contributed by atoms with Crippen LogP contribution in [0.25, 0.3) is 0 Å². The van der Waals surface area contributed by atoms with Crippen LogP contribution < -0.4 is 0 Å². The fraction of sp³-hybridized carbons (Fsp3) is 0.773. The van der Waals surface area contributed by atoms with Gasteiger partial charge in [-0.2, -0.15) is 0 Å². The van der Waals surface area contributed by atoms with Gasteiger partial charge in [-0.05, 0) is 83.5 Å². The number of carbonyl (C=O) groups excluding carboxylic acids is 3. The van der Waals surface area contributed by atoms with Crippen molar-refractivity contribution in [3.8, 4) is 0 Å². The van der Waals surface area contributed by atoms with Gasteiger partial charge in [0.05, 0.1) is 0 Å². The molecular formula is C75H132O6. The van der Waals surface area contributed by atoms with E-state index in [-0.39, 0.29) is 37.5 Å². The summed E-state index contributed by atoms with van der Waals surface area (Å²) in [5.74, 6) is -0.965. The normalized spacial score (nSPS) is 12.6. The van der Waals surface area contributed by atoms with E-state index in [0.717, 1.165) is 77.0 Å². The molecule has 0 aromatic heterocycles. The molecule has 0 spiro atoms. The fourth-order valence-corrected chi connectivity index (χ4v) is 10.2. The van der Waals surface area contributed by atoms with Crippen molar-refractivity contribution in [1.82, 2.24) is 0 Å². The molecule has 0 bridgehead atoms. The summed E-state index contributed by atoms with van der Waals surface area (Å²) < 4.78 is 16.9. The number of ether oxygens (including phenoxy) is 3. The molecule has 0 aliphatic rings. The summed E-state index contributed by atoms with van der Waals surface area (Å²) in [6, 6.07) is 0. The largest absolute Gasteiger partial charge is 0.462 e. The highest BCUT2D eigenvalue weighted by Crippen LogP contribution is 2.18. The van der Waals surface area contributed by atoms with Crippen LogP contribution in [0, 0.1) is 0 Å². The van der Waals surface area contributed by atoms with Gasteiger partial charge < -0.3 is 14.2 Å². The molecule has 0 radical (unpaired) electrons. The number of carbonyl (C=O) groups is 3. The van der Waals surface area contributed by atoms with Crippen molar-refractivity contribution in [2.24, 2.45) is 0 Å². The summed E-state index contributed by atoms with van der Waals surface area (Å²) in [7, 11) is 0. The van der Waals surface area contributed by atoms with Gasteiger partial charge in [0.2, 0.25) is 0 Å². The Morgan fingerprint density at radius 1 is 0.259 bits per heavy atom. The van der Waals surface area contributed by atoms with Gasteiger partial charge in [-0.1, -0.05) is 337 Å². The quantitative estimate of drug-likeness (QED) is 0.0261. The lowest BCUT2D eigenvalue weighted by Gasteiger charge is -2.18. The van der Waals surface area contributed by atoms with Crippen LogP contribution in [0.15, 0.2) is 85.1 Å². The molecule has 0 N–H and O–H groups in total. The van der Waals surface area contributed by atoms with Crippen molar-refractivity contribution < 1.29 is 28.6 Å². The lowest BCUT2D eigenvalue weighted by molar-refractivity contribution is -0.166. The van der Waals surface area contributed by atoms with E-state index in [1.54, 1.807) is 0 Å². The van der Waals surface area contributed by atoms with Crippen molar-refractivity contribution >= 4 is 17.9 Å². The van der Waals surface area contributed by atoms with Gasteiger partial charge in [0.15, 0.2) is 6.10 Å². The van der Waals surface area contributed by atoms with E-state index in [1.165, 1.54) is 231 Å². The van der Waals surface area contributed by atoms with Gasteiger partial charge >= 0.3 is 17.9 Å². The van der Waals surface area contributed by atoms with Gasteiger partial charge in [-0.15, -0.1) is 0 Å². The standard InChI is InChI=1S/C75H132O6/c1-4-7-10-13-16-19-22-25-27-29-31-33-35-36-37-38-40-41-43-45-47-50-53-56-59-62-65-68-74(77)80-71-72(70-79-73(76)67-64-61-58-55-52-49-24-21-18-15-12-9-6-3)81-75(78)69-66-63-60-57-54-51-48-46-44-42-39-34-32-30-28-26-23-20-17-14-11-8-5-2/h9,12,18,21-22,25,29,31,35-36,49,52,58,61,72H,4-8,10-11,13-17,19-20,23-24,26-28,30,32-34,37-48,50-51,53-57,59-60,62-71H2,1-3H3/b12-9-,21-18-,25-22-,31-29-,36-35-,52-49-,61-58-. The van der Waals surface area contributed by atoms with Crippen LogP contribution in [-0.2, 0) is 28.6 Å². The predicted molar refractivity (Wildman–Crippen MR) is 353 cm³/mol. The second-order valence-electron chi connectivity index (χ2n) is 23.4. The van der Waals surface area contributed by atoms with Crippen LogP contribution in [0.5, 0.6) is 0 Å². The summed E-state index contributed by atoms with van der Waals surface area (Å²) >= 11 is 0. The molecule has 0 aliphatic carbocycles. The smallest absolute Gasteiger partial charge is 0.306 e. The van der Waals surface area contributed by atoms with Crippen LogP contribution in [-0.4, -0.2) is 37.2 Å². The summed E-state index contributed by atoms with van der Waals surface area (Å²) in [6.45, 7) is 6.50. The van der Waals surface area contributed by atoms with Crippen molar-refractivity contribution in [1.29, 1.82) is 0 Å². The van der Waals surface area contributed by atoms with Crippen LogP contribution in [0.4, 0.5) is 0 Å². The molecular weight excluding hydrogens is 997 g/mol. The Morgan fingerprint density at radius 2 is 0.506 bits per heavy atom. The molecule has 0 rings (SSSR count). The SMILES string of the molecule is CC/C=C\C/C=C\C/C=C\C/C=C\CCC(=O)OCC(COC(=O)CCCCCCCCCCCCCC/C=C\C/C=C\C/C=C\CCCCCCC)OC(=O)CCCCCCCCCCCCCCCCCCCCCCCCC. The molecule has 0 saturated carbocycles. The first-order chi connectivity index (χ1) is 40.0. The van der Waals surface area contributed by atoms with E-state index < -0.39 is 6.10 Å². The number of hydrogen-bond acceptors (Lipinski definition) is 6. The van der Waals surface area contributed by atoms with E-state index in [9.17, 15) is 14.4 Å². The van der Waals surface area contributed by atoms with E-state index in [0.29, 0.717) is 19.3 Å². The summed E-state index contributed by atoms with van der Waals surface area (Å²) in [4.78, 5) is 38.4. The predicted octanol–water partition coefficient (Wildman–Crippen LogP) is 24.2. The monoisotopic (exact) mass is 1130 g/mol. The molecule has 0 saturated heterocycles. The molecule has 0 fully saturated rings. The summed E-state index contributed by atoms with van der Waals surface area (Å²) in [6.07, 6.45) is 92.0. The van der Waals surface area contributed by atoms with Crippen LogP contribution in [0.3, 0.4) is 0 Å². The summed E-state index contributed by atoms with van der Waals surface area (Å²) in [5.41, 5.74) is 0. The highest BCUT2D eigenvalue weighted by atomic mass is 16.6. The van der Waals surface area contributed by atoms with E-state index >= 15 is 0 Å².